The summed E-state index contributed by atoms with van der Waals surface area (Å²) >= 11 is 0. The van der Waals surface area contributed by atoms with Gasteiger partial charge in [0.15, 0.2) is 0 Å². The highest BCUT2D eigenvalue weighted by Gasteiger charge is 2.24. The molecule has 1 aliphatic carbocycles. The first-order valence-electron chi connectivity index (χ1n) is 7.27. The molecule has 0 saturated heterocycles. The topological polar surface area (TPSA) is 29.3 Å². The summed E-state index contributed by atoms with van der Waals surface area (Å²) in [5.41, 5.74) is 7.97. The average Bonchev–Trinajstić information content (AvgIpc) is 2.37. The Balaban J connectivity index is 2.25. The van der Waals surface area contributed by atoms with E-state index in [2.05, 4.69) is 18.9 Å². The molecule has 0 bridgehead atoms. The molecular formula is C16H25FN2. The van der Waals surface area contributed by atoms with Crippen LogP contribution in [0.4, 0.5) is 10.1 Å². The Morgan fingerprint density at radius 1 is 1.37 bits per heavy atom. The number of nitrogens with zero attached hydrogens (tertiary/aromatic N) is 1. The van der Waals surface area contributed by atoms with Crippen LogP contribution in [0.5, 0.6) is 0 Å². The van der Waals surface area contributed by atoms with Crippen LogP contribution in [0, 0.1) is 11.7 Å². The van der Waals surface area contributed by atoms with Crippen LogP contribution in [0.3, 0.4) is 0 Å². The van der Waals surface area contributed by atoms with Gasteiger partial charge in [-0.3, -0.25) is 0 Å². The van der Waals surface area contributed by atoms with E-state index in [1.165, 1.54) is 31.7 Å². The van der Waals surface area contributed by atoms with Gasteiger partial charge in [0.05, 0.1) is 0 Å². The molecule has 0 heterocycles. The van der Waals surface area contributed by atoms with Gasteiger partial charge >= 0.3 is 0 Å². The normalized spacial score (nSPS) is 25.1. The summed E-state index contributed by atoms with van der Waals surface area (Å²) in [6, 6.07) is 5.38. The molecule has 3 atom stereocenters. The third kappa shape index (κ3) is 3.27. The molecule has 1 saturated carbocycles. The quantitative estimate of drug-likeness (QED) is 0.898. The lowest BCUT2D eigenvalue weighted by atomic mass is 9.86. The fraction of sp³-hybridized carbons (Fsp3) is 0.625. The summed E-state index contributed by atoms with van der Waals surface area (Å²) in [5.74, 6) is 0.571. The van der Waals surface area contributed by atoms with E-state index in [-0.39, 0.29) is 11.9 Å². The van der Waals surface area contributed by atoms with Crippen molar-refractivity contribution in [3.63, 3.8) is 0 Å². The minimum absolute atomic E-state index is 0.144. The van der Waals surface area contributed by atoms with Crippen LogP contribution >= 0.6 is 0 Å². The van der Waals surface area contributed by atoms with Crippen molar-refractivity contribution in [1.82, 2.24) is 0 Å². The predicted octanol–water partition coefficient (Wildman–Crippen LogP) is 3.86. The van der Waals surface area contributed by atoms with Gasteiger partial charge in [0.2, 0.25) is 0 Å². The Hall–Kier alpha value is -1.09. The highest BCUT2D eigenvalue weighted by atomic mass is 19.1. The van der Waals surface area contributed by atoms with Gasteiger partial charge in [0, 0.05) is 24.8 Å². The molecule has 2 unspecified atom stereocenters. The van der Waals surface area contributed by atoms with Gasteiger partial charge in [-0.1, -0.05) is 19.8 Å². The summed E-state index contributed by atoms with van der Waals surface area (Å²) < 4.78 is 13.4. The largest absolute Gasteiger partial charge is 0.371 e. The summed E-state index contributed by atoms with van der Waals surface area (Å²) in [5, 5.41) is 0. The van der Waals surface area contributed by atoms with Crippen molar-refractivity contribution >= 4 is 5.69 Å². The Labute approximate surface area is 115 Å². The second-order valence-corrected chi connectivity index (χ2v) is 6.03. The van der Waals surface area contributed by atoms with E-state index in [4.69, 9.17) is 5.73 Å². The van der Waals surface area contributed by atoms with Gasteiger partial charge in [0.1, 0.15) is 5.82 Å². The van der Waals surface area contributed by atoms with E-state index in [0.29, 0.717) is 6.04 Å². The zero-order valence-corrected chi connectivity index (χ0v) is 12.2. The van der Waals surface area contributed by atoms with Gasteiger partial charge in [0.25, 0.3) is 0 Å². The molecule has 0 spiro atoms. The van der Waals surface area contributed by atoms with Gasteiger partial charge in [-0.05, 0) is 49.4 Å². The molecule has 19 heavy (non-hydrogen) atoms. The fourth-order valence-corrected chi connectivity index (χ4v) is 3.16. The molecule has 1 fully saturated rings. The maximum absolute atomic E-state index is 13.4. The maximum atomic E-state index is 13.4. The van der Waals surface area contributed by atoms with Gasteiger partial charge in [-0.25, -0.2) is 4.39 Å². The first-order chi connectivity index (χ1) is 8.99. The second-order valence-electron chi connectivity index (χ2n) is 6.03. The van der Waals surface area contributed by atoms with Crippen LogP contribution in [0.15, 0.2) is 18.2 Å². The number of hydrogen-bond donors (Lipinski definition) is 1. The number of nitrogens with two attached hydrogens (primary N) is 1. The molecule has 0 aromatic heterocycles. The number of benzene rings is 1. The van der Waals surface area contributed by atoms with Crippen LogP contribution < -0.4 is 10.6 Å². The van der Waals surface area contributed by atoms with Crippen molar-refractivity contribution in [2.75, 3.05) is 11.9 Å². The standard InChI is InChI=1S/C16H25FN2/c1-11-5-4-6-14(9-11)19(3)16-8-7-13(17)10-15(16)12(2)18/h7-8,10-12,14H,4-6,9,18H2,1-3H3/t11?,12-,14?/m0/s1. The summed E-state index contributed by atoms with van der Waals surface area (Å²) in [7, 11) is 2.11. The van der Waals surface area contributed by atoms with Crippen molar-refractivity contribution in [3.8, 4) is 0 Å². The molecule has 0 aliphatic heterocycles. The molecule has 1 aliphatic rings. The molecule has 0 amide bonds. The van der Waals surface area contributed by atoms with E-state index in [1.54, 1.807) is 6.07 Å². The van der Waals surface area contributed by atoms with Crippen LogP contribution in [0.2, 0.25) is 0 Å². The lowest BCUT2D eigenvalue weighted by molar-refractivity contribution is 0.336. The van der Waals surface area contributed by atoms with Gasteiger partial charge < -0.3 is 10.6 Å². The monoisotopic (exact) mass is 264 g/mol. The zero-order valence-electron chi connectivity index (χ0n) is 12.2. The lowest BCUT2D eigenvalue weighted by Crippen LogP contribution is -2.36. The Morgan fingerprint density at radius 2 is 2.11 bits per heavy atom. The van der Waals surface area contributed by atoms with E-state index >= 15 is 0 Å². The van der Waals surface area contributed by atoms with Crippen LogP contribution in [-0.4, -0.2) is 13.1 Å². The first-order valence-corrected chi connectivity index (χ1v) is 7.27. The fourth-order valence-electron chi connectivity index (χ4n) is 3.16. The summed E-state index contributed by atoms with van der Waals surface area (Å²) in [6.45, 7) is 4.23. The smallest absolute Gasteiger partial charge is 0.123 e. The minimum Gasteiger partial charge on any atom is -0.371 e. The molecule has 106 valence electrons. The van der Waals surface area contributed by atoms with E-state index in [9.17, 15) is 4.39 Å². The Bertz CT molecular complexity index is 431. The SMILES string of the molecule is CC1CCCC(N(C)c2ccc(F)cc2[C@H](C)N)C1. The van der Waals surface area contributed by atoms with Gasteiger partial charge in [-0.2, -0.15) is 0 Å². The lowest BCUT2D eigenvalue weighted by Gasteiger charge is -2.37. The van der Waals surface area contributed by atoms with Crippen molar-refractivity contribution in [1.29, 1.82) is 0 Å². The molecule has 3 heteroatoms. The minimum atomic E-state index is -0.207. The van der Waals surface area contributed by atoms with Crippen molar-refractivity contribution in [2.45, 2.75) is 51.6 Å². The highest BCUT2D eigenvalue weighted by molar-refractivity contribution is 5.55. The second kappa shape index (κ2) is 5.91. The van der Waals surface area contributed by atoms with Crippen molar-refractivity contribution in [2.24, 2.45) is 11.7 Å². The highest BCUT2D eigenvalue weighted by Crippen LogP contribution is 2.33. The van der Waals surface area contributed by atoms with Crippen molar-refractivity contribution < 1.29 is 4.39 Å². The Morgan fingerprint density at radius 3 is 2.74 bits per heavy atom. The summed E-state index contributed by atoms with van der Waals surface area (Å²) in [4.78, 5) is 2.30. The molecule has 1 aromatic carbocycles. The molecule has 1 aromatic rings. The number of anilines is 1. The van der Waals surface area contributed by atoms with Crippen molar-refractivity contribution in [3.05, 3.63) is 29.6 Å². The number of rotatable bonds is 3. The van der Waals surface area contributed by atoms with Crippen LogP contribution in [0.1, 0.15) is 51.1 Å². The maximum Gasteiger partial charge on any atom is 0.123 e. The molecule has 2 nitrogen and oxygen atoms in total. The van der Waals surface area contributed by atoms with Crippen LogP contribution in [-0.2, 0) is 0 Å². The number of halogens is 1. The zero-order chi connectivity index (χ0) is 14.0. The molecule has 2 rings (SSSR count). The van der Waals surface area contributed by atoms with Gasteiger partial charge in [-0.15, -0.1) is 0 Å². The molecule has 2 N–H and O–H groups in total. The van der Waals surface area contributed by atoms with E-state index in [0.717, 1.165) is 17.2 Å². The molecule has 0 radical (unpaired) electrons. The summed E-state index contributed by atoms with van der Waals surface area (Å²) in [6.07, 6.45) is 5.04. The van der Waals surface area contributed by atoms with Crippen LogP contribution in [0.25, 0.3) is 0 Å². The first kappa shape index (κ1) is 14.3. The Kier molecular flexibility index (Phi) is 4.46. The third-order valence-corrected chi connectivity index (χ3v) is 4.32. The predicted molar refractivity (Wildman–Crippen MR) is 78.8 cm³/mol. The van der Waals surface area contributed by atoms with E-state index < -0.39 is 0 Å². The van der Waals surface area contributed by atoms with E-state index in [1.807, 2.05) is 13.0 Å². The molecular weight excluding hydrogens is 239 g/mol. The number of hydrogen-bond acceptors (Lipinski definition) is 2. The third-order valence-electron chi connectivity index (χ3n) is 4.32. The average molecular weight is 264 g/mol.